The number of carbonyl (C=O) groups excluding carboxylic acids is 2. The maximum absolute atomic E-state index is 13.4. The van der Waals surface area contributed by atoms with Crippen molar-refractivity contribution in [3.05, 3.63) is 112 Å². The number of nitrogens with one attached hydrogen (secondary N) is 2. The predicted octanol–water partition coefficient (Wildman–Crippen LogP) is 5.48. The number of thioether (sulfide) groups is 1. The first-order valence-corrected chi connectivity index (χ1v) is 19.7. The van der Waals surface area contributed by atoms with E-state index in [9.17, 15) is 28.1 Å². The molecule has 0 bridgehead atoms. The average Bonchev–Trinajstić information content (AvgIpc) is 3.15. The molecule has 0 fully saturated rings. The molecule has 1 atom stereocenters. The van der Waals surface area contributed by atoms with Crippen molar-refractivity contribution >= 4 is 45.0 Å². The van der Waals surface area contributed by atoms with Gasteiger partial charge in [0.05, 0.1) is 16.9 Å². The summed E-state index contributed by atoms with van der Waals surface area (Å²) < 4.78 is 34.4. The van der Waals surface area contributed by atoms with Gasteiger partial charge in [-0.3, -0.25) is 19.7 Å². The number of sulfonamides is 1. The number of hydrogen-bond donors (Lipinski definition) is 2. The maximum Gasteiger partial charge on any atom is 0.293 e. The number of aryl methyl sites for hydroxylation is 1. The molecule has 15 heteroatoms. The van der Waals surface area contributed by atoms with Crippen molar-refractivity contribution < 1.29 is 27.7 Å². The Morgan fingerprint density at radius 3 is 2.24 bits per heavy atom. The topological polar surface area (TPSA) is 154 Å². The molecule has 0 saturated heterocycles. The van der Waals surface area contributed by atoms with Crippen molar-refractivity contribution in [2.45, 2.75) is 28.7 Å². The number of likely N-dealkylation sites (N-methyl/N-ethyl adjacent to an activating group) is 2. The Bertz CT molecular complexity index is 2010. The summed E-state index contributed by atoms with van der Waals surface area (Å²) in [6.45, 7) is 2.20. The van der Waals surface area contributed by atoms with E-state index in [1.54, 1.807) is 50.0 Å². The van der Waals surface area contributed by atoms with E-state index in [0.29, 0.717) is 30.9 Å². The fourth-order valence-electron chi connectivity index (χ4n) is 5.51. The lowest BCUT2D eigenvalue weighted by molar-refractivity contribution is -0.384. The minimum atomic E-state index is -4.48. The van der Waals surface area contributed by atoms with Crippen LogP contribution in [-0.4, -0.2) is 114 Å². The summed E-state index contributed by atoms with van der Waals surface area (Å²) >= 11 is 1.61. The van der Waals surface area contributed by atoms with Crippen LogP contribution in [0.4, 0.5) is 11.4 Å². The van der Waals surface area contributed by atoms with E-state index in [1.165, 1.54) is 24.3 Å². The number of nitrogens with zero attached hydrogens (tertiary/aromatic N) is 4. The van der Waals surface area contributed by atoms with Crippen LogP contribution in [0, 0.1) is 10.1 Å². The summed E-state index contributed by atoms with van der Waals surface area (Å²) in [5, 5.41) is 15.5. The van der Waals surface area contributed by atoms with E-state index in [0.717, 1.165) is 40.7 Å². The van der Waals surface area contributed by atoms with Gasteiger partial charge in [-0.05, 0) is 81.2 Å². The smallest absolute Gasteiger partial charge is 0.293 e. The van der Waals surface area contributed by atoms with Crippen LogP contribution in [0.2, 0.25) is 0 Å². The number of nitro groups is 1. The summed E-state index contributed by atoms with van der Waals surface area (Å²) in [4.78, 5) is 43.2. The lowest BCUT2D eigenvalue weighted by atomic mass is 9.99. The highest BCUT2D eigenvalue weighted by Crippen LogP contribution is 2.32. The summed E-state index contributed by atoms with van der Waals surface area (Å²) in [5.74, 6) is 0.313. The predicted molar refractivity (Wildman–Crippen MR) is 214 cm³/mol. The van der Waals surface area contributed by atoms with E-state index in [-0.39, 0.29) is 23.2 Å². The molecule has 2 amide bonds. The Labute approximate surface area is 321 Å². The van der Waals surface area contributed by atoms with Crippen LogP contribution in [-0.2, 0) is 21.2 Å². The van der Waals surface area contributed by atoms with Gasteiger partial charge in [0.1, 0.15) is 11.4 Å². The molecule has 0 aliphatic carbocycles. The Hall–Kier alpha value is -4.96. The molecule has 0 aromatic heterocycles. The number of nitro benzene ring substituents is 1. The van der Waals surface area contributed by atoms with E-state index < -0.39 is 31.4 Å². The zero-order valence-corrected chi connectivity index (χ0v) is 33.1. The summed E-state index contributed by atoms with van der Waals surface area (Å²) in [6.07, 6.45) is 0.910. The molecule has 288 valence electrons. The number of carbonyl (C=O) groups is 2. The molecule has 0 radical (unpaired) electrons. The summed E-state index contributed by atoms with van der Waals surface area (Å²) in [7, 11) is 6.46. The molecule has 0 saturated carbocycles. The van der Waals surface area contributed by atoms with Gasteiger partial charge in [0, 0.05) is 74.0 Å². The number of hydrogen-bond acceptors (Lipinski definition) is 11. The van der Waals surface area contributed by atoms with Gasteiger partial charge in [-0.15, -0.1) is 11.8 Å². The first kappa shape index (κ1) is 41.8. The summed E-state index contributed by atoms with van der Waals surface area (Å²) in [5.41, 5.74) is 2.23. The van der Waals surface area contributed by atoms with Crippen molar-refractivity contribution in [3.63, 3.8) is 0 Å². The Morgan fingerprint density at radius 2 is 1.61 bits per heavy atom. The van der Waals surface area contributed by atoms with Gasteiger partial charge in [-0.25, -0.2) is 13.1 Å². The Morgan fingerprint density at radius 1 is 0.907 bits per heavy atom. The third-order valence-electron chi connectivity index (χ3n) is 8.57. The zero-order valence-electron chi connectivity index (χ0n) is 31.4. The second-order valence-electron chi connectivity index (χ2n) is 13.3. The Kier molecular flexibility index (Phi) is 15.0. The molecule has 0 spiro atoms. The number of amides is 2. The fraction of sp³-hybridized carbons (Fsp3) is 0.333. The molecule has 13 nitrogen and oxygen atoms in total. The monoisotopic (exact) mass is 776 g/mol. The van der Waals surface area contributed by atoms with E-state index in [1.807, 2.05) is 74.4 Å². The van der Waals surface area contributed by atoms with Crippen LogP contribution in [0.15, 0.2) is 101 Å². The molecule has 0 aliphatic heterocycles. The lowest BCUT2D eigenvalue weighted by Crippen LogP contribution is -2.39. The second-order valence-corrected chi connectivity index (χ2v) is 16.1. The van der Waals surface area contributed by atoms with E-state index in [4.69, 9.17) is 4.74 Å². The van der Waals surface area contributed by atoms with Crippen molar-refractivity contribution in [1.82, 2.24) is 19.4 Å². The van der Waals surface area contributed by atoms with Crippen molar-refractivity contribution in [3.8, 4) is 16.9 Å². The molecular formula is C39H48N6O7S2. The van der Waals surface area contributed by atoms with E-state index >= 15 is 0 Å². The van der Waals surface area contributed by atoms with Gasteiger partial charge in [-0.1, -0.05) is 42.5 Å². The van der Waals surface area contributed by atoms with Crippen molar-refractivity contribution in [2.24, 2.45) is 0 Å². The largest absolute Gasteiger partial charge is 0.496 e. The molecule has 0 aliphatic rings. The number of benzene rings is 4. The minimum Gasteiger partial charge on any atom is -0.496 e. The van der Waals surface area contributed by atoms with Crippen LogP contribution >= 0.6 is 11.8 Å². The van der Waals surface area contributed by atoms with Gasteiger partial charge in [0.15, 0.2) is 0 Å². The van der Waals surface area contributed by atoms with Gasteiger partial charge in [0.25, 0.3) is 21.6 Å². The van der Waals surface area contributed by atoms with Gasteiger partial charge < -0.3 is 24.8 Å². The molecule has 4 rings (SSSR count). The zero-order chi connectivity index (χ0) is 39.4. The van der Waals surface area contributed by atoms with Crippen LogP contribution in [0.25, 0.3) is 11.1 Å². The molecule has 0 heterocycles. The SMILES string of the molecule is COc1cc(CCC(=O)N(C)C)ccc1-c1ccc(C(=O)NS(=O)(=O)c2ccc(N[C@@H](CSc3ccccc3)CN(C)CCN(C)C)c([N+](=O)[O-])c2)cc1. The lowest BCUT2D eigenvalue weighted by Gasteiger charge is -2.26. The van der Waals surface area contributed by atoms with Crippen LogP contribution in [0.3, 0.4) is 0 Å². The van der Waals surface area contributed by atoms with Crippen LogP contribution in [0.5, 0.6) is 5.75 Å². The summed E-state index contributed by atoms with van der Waals surface area (Å²) in [6, 6.07) is 25.1. The van der Waals surface area contributed by atoms with Crippen molar-refractivity contribution in [2.75, 3.05) is 73.1 Å². The van der Waals surface area contributed by atoms with Crippen molar-refractivity contribution in [1.29, 1.82) is 0 Å². The molecular weight excluding hydrogens is 729 g/mol. The number of ether oxygens (including phenoxy) is 1. The number of methoxy groups -OCH3 is 1. The average molecular weight is 777 g/mol. The van der Waals surface area contributed by atoms with Gasteiger partial charge >= 0.3 is 0 Å². The highest BCUT2D eigenvalue weighted by Gasteiger charge is 2.26. The maximum atomic E-state index is 13.4. The standard InChI is InChI=1S/C39H48N6O7S2/c1-42(2)22-23-44(5)26-31(27-53-32-10-8-7-9-11-32)40-35-20-18-33(25-36(35)45(48)49)54(50,51)41-39(47)30-16-14-29(15-17-30)34-19-12-28(24-37(34)52-6)13-21-38(46)43(3)4/h7-12,14-20,24-25,31,40H,13,21-23,26-27H2,1-6H3,(H,41,47)/t31-/m1/s1. The molecule has 0 unspecified atom stereocenters. The number of rotatable bonds is 19. The molecule has 54 heavy (non-hydrogen) atoms. The molecule has 4 aromatic carbocycles. The Balaban J connectivity index is 1.48. The third kappa shape index (κ3) is 12.0. The van der Waals surface area contributed by atoms with Crippen LogP contribution < -0.4 is 14.8 Å². The highest BCUT2D eigenvalue weighted by molar-refractivity contribution is 7.99. The first-order valence-electron chi connectivity index (χ1n) is 17.3. The third-order valence-corrected chi connectivity index (χ3v) is 11.1. The van der Waals surface area contributed by atoms with Gasteiger partial charge in [0.2, 0.25) is 5.91 Å². The van der Waals surface area contributed by atoms with Crippen LogP contribution in [0.1, 0.15) is 22.3 Å². The fourth-order valence-corrected chi connectivity index (χ4v) is 7.43. The molecule has 2 N–H and O–H groups in total. The number of anilines is 1. The minimum absolute atomic E-state index is 0.0222. The van der Waals surface area contributed by atoms with E-state index in [2.05, 4.69) is 15.1 Å². The van der Waals surface area contributed by atoms with Gasteiger partial charge in [-0.2, -0.15) is 0 Å². The quantitative estimate of drug-likeness (QED) is 0.0708. The second kappa shape index (κ2) is 19.4. The normalized spacial score (nSPS) is 12.0. The first-order chi connectivity index (χ1) is 25.7. The highest BCUT2D eigenvalue weighted by atomic mass is 32.2. The molecule has 4 aromatic rings.